The minimum atomic E-state index is -0.571. The van der Waals surface area contributed by atoms with E-state index in [1.54, 1.807) is 51.1 Å². The van der Waals surface area contributed by atoms with E-state index >= 15 is 0 Å². The topological polar surface area (TPSA) is 107 Å². The lowest BCUT2D eigenvalue weighted by molar-refractivity contribution is 0.0635. The molecule has 0 saturated heterocycles. The summed E-state index contributed by atoms with van der Waals surface area (Å²) in [5.74, 6) is 0.0636. The molecule has 2 aromatic carbocycles. The molecular weight excluding hydrogens is 382 g/mol. The maximum atomic E-state index is 12.5. The number of nitrogens with one attached hydrogen (secondary N) is 2. The minimum absolute atomic E-state index is 0.280. The third-order valence-electron chi connectivity index (χ3n) is 4.19. The van der Waals surface area contributed by atoms with Crippen LogP contribution in [0.15, 0.2) is 65.3 Å². The standard InChI is InChI=1S/C23H25N3O4/c1-23(2,3)30-22(28)25-18-10-8-16(9-11-18)19-12-13-29-21(19)26-20(27)17-6-4-15(14-24)5-7-17/h4-13H,14,24H2,1-3H3,(H,25,28)(H,26,27). The first-order chi connectivity index (χ1) is 14.2. The zero-order chi connectivity index (χ0) is 21.7. The van der Waals surface area contributed by atoms with Crippen molar-refractivity contribution in [3.8, 4) is 11.1 Å². The van der Waals surface area contributed by atoms with Gasteiger partial charge in [0, 0.05) is 23.4 Å². The van der Waals surface area contributed by atoms with Crippen LogP contribution in [0.1, 0.15) is 36.7 Å². The fourth-order valence-corrected chi connectivity index (χ4v) is 2.76. The molecule has 0 aliphatic heterocycles. The lowest BCUT2D eigenvalue weighted by atomic mass is 10.1. The van der Waals surface area contributed by atoms with Gasteiger partial charge in [-0.2, -0.15) is 0 Å². The van der Waals surface area contributed by atoms with Gasteiger partial charge >= 0.3 is 6.09 Å². The van der Waals surface area contributed by atoms with Crippen LogP contribution in [-0.2, 0) is 11.3 Å². The molecule has 3 aromatic rings. The van der Waals surface area contributed by atoms with Crippen LogP contribution in [0, 0.1) is 0 Å². The number of ether oxygens (including phenoxy) is 1. The molecule has 0 atom stereocenters. The SMILES string of the molecule is CC(C)(C)OC(=O)Nc1ccc(-c2ccoc2NC(=O)c2ccc(CN)cc2)cc1. The van der Waals surface area contributed by atoms with Crippen LogP contribution in [0.25, 0.3) is 11.1 Å². The van der Waals surface area contributed by atoms with E-state index in [4.69, 9.17) is 14.9 Å². The highest BCUT2D eigenvalue weighted by atomic mass is 16.6. The predicted molar refractivity (Wildman–Crippen MR) is 116 cm³/mol. The Morgan fingerprint density at radius 2 is 1.63 bits per heavy atom. The Balaban J connectivity index is 1.69. The Kier molecular flexibility index (Phi) is 6.23. The highest BCUT2D eigenvalue weighted by Gasteiger charge is 2.17. The summed E-state index contributed by atoms with van der Waals surface area (Å²) in [5, 5.41) is 5.47. The second kappa shape index (κ2) is 8.84. The molecule has 0 unspecified atom stereocenters. The first-order valence-corrected chi connectivity index (χ1v) is 9.53. The van der Waals surface area contributed by atoms with E-state index in [-0.39, 0.29) is 5.91 Å². The van der Waals surface area contributed by atoms with Crippen LogP contribution in [0.3, 0.4) is 0 Å². The summed E-state index contributed by atoms with van der Waals surface area (Å²) < 4.78 is 10.7. The minimum Gasteiger partial charge on any atom is -0.448 e. The Labute approximate surface area is 175 Å². The van der Waals surface area contributed by atoms with Crippen LogP contribution in [0.2, 0.25) is 0 Å². The first-order valence-electron chi connectivity index (χ1n) is 9.53. The lowest BCUT2D eigenvalue weighted by Gasteiger charge is -2.19. The molecule has 156 valence electrons. The van der Waals surface area contributed by atoms with E-state index in [0.29, 0.717) is 23.7 Å². The van der Waals surface area contributed by atoms with Crippen LogP contribution in [-0.4, -0.2) is 17.6 Å². The van der Waals surface area contributed by atoms with Crippen molar-refractivity contribution in [2.45, 2.75) is 32.9 Å². The predicted octanol–water partition coefficient (Wildman–Crippen LogP) is 5.00. The molecule has 0 fully saturated rings. The summed E-state index contributed by atoms with van der Waals surface area (Å²) in [6.45, 7) is 5.83. The van der Waals surface area contributed by atoms with E-state index in [1.807, 2.05) is 24.3 Å². The van der Waals surface area contributed by atoms with Gasteiger partial charge in [-0.1, -0.05) is 24.3 Å². The molecule has 1 heterocycles. The van der Waals surface area contributed by atoms with Gasteiger partial charge in [-0.15, -0.1) is 0 Å². The number of anilines is 2. The normalized spacial score (nSPS) is 11.1. The van der Waals surface area contributed by atoms with E-state index in [9.17, 15) is 9.59 Å². The van der Waals surface area contributed by atoms with Gasteiger partial charge in [0.25, 0.3) is 5.91 Å². The molecule has 0 bridgehead atoms. The number of hydrogen-bond donors (Lipinski definition) is 3. The Morgan fingerprint density at radius 3 is 2.23 bits per heavy atom. The summed E-state index contributed by atoms with van der Waals surface area (Å²) >= 11 is 0. The summed E-state index contributed by atoms with van der Waals surface area (Å²) in [5.41, 5.74) is 8.63. The number of furan rings is 1. The molecular formula is C23H25N3O4. The van der Waals surface area contributed by atoms with E-state index in [2.05, 4.69) is 10.6 Å². The molecule has 1 aromatic heterocycles. The van der Waals surface area contributed by atoms with Gasteiger partial charge in [0.1, 0.15) is 5.60 Å². The van der Waals surface area contributed by atoms with Crippen molar-refractivity contribution in [1.82, 2.24) is 0 Å². The van der Waals surface area contributed by atoms with Crippen LogP contribution in [0.5, 0.6) is 0 Å². The molecule has 0 aliphatic rings. The summed E-state index contributed by atoms with van der Waals surface area (Å²) in [6, 6.07) is 16.0. The molecule has 0 saturated carbocycles. The number of benzene rings is 2. The van der Waals surface area contributed by atoms with Crippen molar-refractivity contribution in [3.05, 3.63) is 72.0 Å². The van der Waals surface area contributed by atoms with Crippen molar-refractivity contribution in [1.29, 1.82) is 0 Å². The summed E-state index contributed by atoms with van der Waals surface area (Å²) in [4.78, 5) is 24.4. The quantitative estimate of drug-likeness (QED) is 0.551. The van der Waals surface area contributed by atoms with Gasteiger partial charge in [-0.25, -0.2) is 4.79 Å². The van der Waals surface area contributed by atoms with Gasteiger partial charge < -0.3 is 14.9 Å². The zero-order valence-electron chi connectivity index (χ0n) is 17.2. The maximum absolute atomic E-state index is 12.5. The van der Waals surface area contributed by atoms with Gasteiger partial charge in [-0.05, 0) is 62.2 Å². The monoisotopic (exact) mass is 407 g/mol. The summed E-state index contributed by atoms with van der Waals surface area (Å²) in [7, 11) is 0. The fourth-order valence-electron chi connectivity index (χ4n) is 2.76. The van der Waals surface area contributed by atoms with Crippen molar-refractivity contribution < 1.29 is 18.7 Å². The van der Waals surface area contributed by atoms with E-state index in [0.717, 1.165) is 16.7 Å². The second-order valence-electron chi connectivity index (χ2n) is 7.72. The number of carbonyl (C=O) groups excluding carboxylic acids is 2. The third kappa shape index (κ3) is 5.48. The zero-order valence-corrected chi connectivity index (χ0v) is 17.2. The molecule has 2 amide bonds. The van der Waals surface area contributed by atoms with Gasteiger partial charge in [0.15, 0.2) is 0 Å². The van der Waals surface area contributed by atoms with Crippen molar-refractivity contribution in [3.63, 3.8) is 0 Å². The first kappa shape index (κ1) is 21.1. The van der Waals surface area contributed by atoms with Gasteiger partial charge in [-0.3, -0.25) is 15.4 Å². The van der Waals surface area contributed by atoms with E-state index in [1.165, 1.54) is 6.26 Å². The number of carbonyl (C=O) groups is 2. The molecule has 7 heteroatoms. The van der Waals surface area contributed by atoms with Crippen LogP contribution in [0.4, 0.5) is 16.4 Å². The fraction of sp³-hybridized carbons (Fsp3) is 0.217. The third-order valence-corrected chi connectivity index (χ3v) is 4.19. The van der Waals surface area contributed by atoms with Crippen LogP contribution >= 0.6 is 0 Å². The molecule has 30 heavy (non-hydrogen) atoms. The lowest BCUT2D eigenvalue weighted by Crippen LogP contribution is -2.27. The molecule has 4 N–H and O–H groups in total. The van der Waals surface area contributed by atoms with Crippen molar-refractivity contribution >= 4 is 23.6 Å². The number of nitrogens with two attached hydrogens (primary N) is 1. The van der Waals surface area contributed by atoms with Crippen molar-refractivity contribution in [2.24, 2.45) is 5.73 Å². The van der Waals surface area contributed by atoms with Crippen molar-refractivity contribution in [2.75, 3.05) is 10.6 Å². The van der Waals surface area contributed by atoms with Gasteiger partial charge in [0.05, 0.1) is 6.26 Å². The smallest absolute Gasteiger partial charge is 0.412 e. The highest BCUT2D eigenvalue weighted by Crippen LogP contribution is 2.30. The largest absolute Gasteiger partial charge is 0.448 e. The molecule has 0 aliphatic carbocycles. The number of rotatable bonds is 5. The van der Waals surface area contributed by atoms with Gasteiger partial charge in [0.2, 0.25) is 5.88 Å². The average Bonchev–Trinajstić information content (AvgIpc) is 3.15. The number of amides is 2. The van der Waals surface area contributed by atoms with Crippen LogP contribution < -0.4 is 16.4 Å². The Hall–Kier alpha value is -3.58. The second-order valence-corrected chi connectivity index (χ2v) is 7.72. The Morgan fingerprint density at radius 1 is 0.967 bits per heavy atom. The molecule has 3 rings (SSSR count). The summed E-state index contributed by atoms with van der Waals surface area (Å²) in [6.07, 6.45) is 0.988. The Bertz CT molecular complexity index is 1020. The maximum Gasteiger partial charge on any atom is 0.412 e. The number of hydrogen-bond acceptors (Lipinski definition) is 5. The highest BCUT2D eigenvalue weighted by molar-refractivity contribution is 6.05. The average molecular weight is 407 g/mol. The molecule has 0 radical (unpaired) electrons. The molecule has 0 spiro atoms. The molecule has 7 nitrogen and oxygen atoms in total. The van der Waals surface area contributed by atoms with E-state index < -0.39 is 11.7 Å².